The summed E-state index contributed by atoms with van der Waals surface area (Å²) in [5, 5.41) is 4.41. The van der Waals surface area contributed by atoms with E-state index in [9.17, 15) is 8.42 Å². The number of nitrogens with zero attached hydrogens (tertiary/aromatic N) is 2. The Bertz CT molecular complexity index is 1200. The smallest absolute Gasteiger partial charge is 0.243 e. The van der Waals surface area contributed by atoms with E-state index in [1.165, 1.54) is 11.1 Å². The minimum atomic E-state index is -3.66. The van der Waals surface area contributed by atoms with Crippen LogP contribution < -0.4 is 4.72 Å². The standard InChI is InChI=1S/C26H27N3O2S/c1-21-26(20-29(28-21)19-22-11-5-2-6-12-22)32(30,31)27-18-17-25(23-13-7-3-8-14-23)24-15-9-4-10-16-24/h2-16,20,25,27H,17-19H2,1H3. The van der Waals surface area contributed by atoms with Gasteiger partial charge in [-0.25, -0.2) is 13.1 Å². The van der Waals surface area contributed by atoms with Gasteiger partial charge in [-0.1, -0.05) is 91.0 Å². The number of aryl methyl sites for hydroxylation is 1. The molecule has 164 valence electrons. The largest absolute Gasteiger partial charge is 0.267 e. The SMILES string of the molecule is Cc1nn(Cc2ccccc2)cc1S(=O)(=O)NCCC(c1ccccc1)c1ccccc1. The van der Waals surface area contributed by atoms with Gasteiger partial charge >= 0.3 is 0 Å². The van der Waals surface area contributed by atoms with Crippen LogP contribution in [0.3, 0.4) is 0 Å². The van der Waals surface area contributed by atoms with Crippen molar-refractivity contribution in [2.45, 2.75) is 30.7 Å². The highest BCUT2D eigenvalue weighted by Crippen LogP contribution is 2.27. The first-order valence-corrected chi connectivity index (χ1v) is 12.2. The summed E-state index contributed by atoms with van der Waals surface area (Å²) in [5.74, 6) is 0.113. The predicted molar refractivity (Wildman–Crippen MR) is 127 cm³/mol. The van der Waals surface area contributed by atoms with Gasteiger partial charge in [0, 0.05) is 18.7 Å². The van der Waals surface area contributed by atoms with E-state index in [0.717, 1.165) is 5.56 Å². The van der Waals surface area contributed by atoms with Crippen LogP contribution >= 0.6 is 0 Å². The van der Waals surface area contributed by atoms with E-state index >= 15 is 0 Å². The van der Waals surface area contributed by atoms with Crippen molar-refractivity contribution >= 4 is 10.0 Å². The van der Waals surface area contributed by atoms with E-state index in [4.69, 9.17) is 0 Å². The molecule has 0 radical (unpaired) electrons. The van der Waals surface area contributed by atoms with Crippen LogP contribution in [0.2, 0.25) is 0 Å². The molecule has 1 heterocycles. The monoisotopic (exact) mass is 445 g/mol. The van der Waals surface area contributed by atoms with Gasteiger partial charge in [0.15, 0.2) is 0 Å². The van der Waals surface area contributed by atoms with Crippen LogP contribution in [-0.2, 0) is 16.6 Å². The Morgan fingerprint density at radius 3 is 1.94 bits per heavy atom. The van der Waals surface area contributed by atoms with Crippen LogP contribution in [-0.4, -0.2) is 24.7 Å². The van der Waals surface area contributed by atoms with Gasteiger partial charge in [0.2, 0.25) is 10.0 Å². The molecule has 0 aliphatic heterocycles. The summed E-state index contributed by atoms with van der Waals surface area (Å²) in [6.07, 6.45) is 2.26. The van der Waals surface area contributed by atoms with Gasteiger partial charge < -0.3 is 0 Å². The van der Waals surface area contributed by atoms with Gasteiger partial charge in [0.1, 0.15) is 4.90 Å². The topological polar surface area (TPSA) is 64.0 Å². The van der Waals surface area contributed by atoms with Crippen LogP contribution in [0.5, 0.6) is 0 Å². The second-order valence-electron chi connectivity index (χ2n) is 7.82. The molecule has 1 N–H and O–H groups in total. The van der Waals surface area contributed by atoms with Crippen LogP contribution in [0.25, 0.3) is 0 Å². The summed E-state index contributed by atoms with van der Waals surface area (Å²) in [6.45, 7) is 2.59. The number of sulfonamides is 1. The third-order valence-corrected chi connectivity index (χ3v) is 7.07. The molecule has 0 aliphatic rings. The van der Waals surface area contributed by atoms with Gasteiger partial charge in [0.05, 0.1) is 12.2 Å². The number of rotatable bonds is 9. The third-order valence-electron chi connectivity index (χ3n) is 5.51. The number of aromatic nitrogens is 2. The highest BCUT2D eigenvalue weighted by atomic mass is 32.2. The molecule has 0 unspecified atom stereocenters. The molecule has 0 amide bonds. The second kappa shape index (κ2) is 9.94. The second-order valence-corrected chi connectivity index (χ2v) is 9.56. The van der Waals surface area contributed by atoms with Gasteiger partial charge in [0.25, 0.3) is 0 Å². The van der Waals surface area contributed by atoms with E-state index in [-0.39, 0.29) is 10.8 Å². The average Bonchev–Trinajstić information content (AvgIpc) is 3.19. The summed E-state index contributed by atoms with van der Waals surface area (Å²) in [6, 6.07) is 30.3. The van der Waals surface area contributed by atoms with E-state index in [1.54, 1.807) is 17.8 Å². The molecule has 4 rings (SSSR count). The molecule has 0 atom stereocenters. The zero-order valence-corrected chi connectivity index (χ0v) is 18.9. The molecule has 32 heavy (non-hydrogen) atoms. The summed E-state index contributed by atoms with van der Waals surface area (Å²) in [4.78, 5) is 0.226. The van der Waals surface area contributed by atoms with E-state index in [1.807, 2.05) is 66.7 Å². The fourth-order valence-corrected chi connectivity index (χ4v) is 5.16. The molecule has 5 nitrogen and oxygen atoms in total. The van der Waals surface area contributed by atoms with Crippen molar-refractivity contribution in [1.29, 1.82) is 0 Å². The number of hydrogen-bond donors (Lipinski definition) is 1. The summed E-state index contributed by atoms with van der Waals surface area (Å²) >= 11 is 0. The van der Waals surface area contributed by atoms with Gasteiger partial charge in [-0.05, 0) is 30.0 Å². The van der Waals surface area contributed by atoms with Crippen molar-refractivity contribution in [2.24, 2.45) is 0 Å². The number of benzene rings is 3. The Morgan fingerprint density at radius 2 is 1.38 bits per heavy atom. The minimum absolute atomic E-state index is 0.113. The highest BCUT2D eigenvalue weighted by Gasteiger charge is 2.21. The minimum Gasteiger partial charge on any atom is -0.267 e. The van der Waals surface area contributed by atoms with Crippen molar-refractivity contribution in [3.63, 3.8) is 0 Å². The summed E-state index contributed by atoms with van der Waals surface area (Å²) < 4.78 is 30.5. The fourth-order valence-electron chi connectivity index (χ4n) is 3.93. The molecular weight excluding hydrogens is 418 g/mol. The van der Waals surface area contributed by atoms with Crippen molar-refractivity contribution in [2.75, 3.05) is 6.54 Å². The summed E-state index contributed by atoms with van der Waals surface area (Å²) in [5.41, 5.74) is 3.91. The van der Waals surface area contributed by atoms with Crippen LogP contribution in [0.15, 0.2) is 102 Å². The first kappa shape index (κ1) is 22.0. The molecular formula is C26H27N3O2S. The maximum Gasteiger partial charge on any atom is 0.243 e. The number of hydrogen-bond acceptors (Lipinski definition) is 3. The van der Waals surface area contributed by atoms with Crippen LogP contribution in [0.1, 0.15) is 34.7 Å². The Labute approximate surface area is 189 Å². The molecule has 0 saturated carbocycles. The molecule has 0 bridgehead atoms. The molecule has 0 aliphatic carbocycles. The van der Waals surface area contributed by atoms with Crippen molar-refractivity contribution < 1.29 is 8.42 Å². The van der Waals surface area contributed by atoms with Crippen molar-refractivity contribution in [3.05, 3.63) is 120 Å². The number of nitrogens with one attached hydrogen (secondary N) is 1. The Hall–Kier alpha value is -3.22. The fraction of sp³-hybridized carbons (Fsp3) is 0.192. The lowest BCUT2D eigenvalue weighted by Crippen LogP contribution is -2.26. The van der Waals surface area contributed by atoms with Gasteiger partial charge in [-0.3, -0.25) is 4.68 Å². The maximum absolute atomic E-state index is 13.0. The zero-order valence-electron chi connectivity index (χ0n) is 18.1. The van der Waals surface area contributed by atoms with Crippen molar-refractivity contribution in [1.82, 2.24) is 14.5 Å². The Kier molecular flexibility index (Phi) is 6.83. The lowest BCUT2D eigenvalue weighted by atomic mass is 9.89. The van der Waals surface area contributed by atoms with Gasteiger partial charge in [-0.15, -0.1) is 0 Å². The zero-order chi connectivity index (χ0) is 22.4. The molecule has 6 heteroatoms. The lowest BCUT2D eigenvalue weighted by Gasteiger charge is -2.18. The molecule has 3 aromatic carbocycles. The summed E-state index contributed by atoms with van der Waals surface area (Å²) in [7, 11) is -3.66. The Balaban J connectivity index is 1.46. The first-order chi connectivity index (χ1) is 15.5. The van der Waals surface area contributed by atoms with Crippen LogP contribution in [0, 0.1) is 6.92 Å². The predicted octanol–water partition coefficient (Wildman–Crippen LogP) is 4.74. The Morgan fingerprint density at radius 1 is 0.844 bits per heavy atom. The highest BCUT2D eigenvalue weighted by molar-refractivity contribution is 7.89. The van der Waals surface area contributed by atoms with Gasteiger partial charge in [-0.2, -0.15) is 5.10 Å². The molecule has 4 aromatic rings. The van der Waals surface area contributed by atoms with E-state index in [0.29, 0.717) is 25.2 Å². The molecule has 0 spiro atoms. The molecule has 0 saturated heterocycles. The quantitative estimate of drug-likeness (QED) is 0.405. The third kappa shape index (κ3) is 5.33. The first-order valence-electron chi connectivity index (χ1n) is 10.7. The lowest BCUT2D eigenvalue weighted by molar-refractivity contribution is 0.574. The maximum atomic E-state index is 13.0. The molecule has 0 fully saturated rings. The van der Waals surface area contributed by atoms with E-state index in [2.05, 4.69) is 34.1 Å². The average molecular weight is 446 g/mol. The normalized spacial score (nSPS) is 11.7. The van der Waals surface area contributed by atoms with Crippen LogP contribution in [0.4, 0.5) is 0 Å². The van der Waals surface area contributed by atoms with E-state index < -0.39 is 10.0 Å². The molecule has 1 aromatic heterocycles. The van der Waals surface area contributed by atoms with Crippen molar-refractivity contribution in [3.8, 4) is 0 Å².